The minimum absolute atomic E-state index is 0.0942. The summed E-state index contributed by atoms with van der Waals surface area (Å²) in [6, 6.07) is 17.0. The van der Waals surface area contributed by atoms with E-state index in [0.717, 1.165) is 17.1 Å². The summed E-state index contributed by atoms with van der Waals surface area (Å²) in [5.74, 6) is 1.43. The zero-order valence-corrected chi connectivity index (χ0v) is 14.1. The Morgan fingerprint density at radius 3 is 2.21 bits per heavy atom. The summed E-state index contributed by atoms with van der Waals surface area (Å²) >= 11 is 0. The van der Waals surface area contributed by atoms with E-state index >= 15 is 0 Å². The Balaban J connectivity index is 1.75. The second kappa shape index (κ2) is 8.93. The molecule has 1 amide bonds. The van der Waals surface area contributed by atoms with Crippen LogP contribution in [0.25, 0.3) is 0 Å². The number of nitrogens with two attached hydrogens (primary N) is 1. The van der Waals surface area contributed by atoms with Gasteiger partial charge in [0.2, 0.25) is 5.91 Å². The largest absolute Gasteiger partial charge is 0.492 e. The molecule has 0 aliphatic carbocycles. The van der Waals surface area contributed by atoms with E-state index in [2.05, 4.69) is 0 Å². The van der Waals surface area contributed by atoms with Crippen LogP contribution in [0, 0.1) is 0 Å². The average Bonchev–Trinajstić information content (AvgIpc) is 2.61. The van der Waals surface area contributed by atoms with Crippen molar-refractivity contribution in [3.05, 3.63) is 60.2 Å². The highest BCUT2D eigenvalue weighted by atomic mass is 16.5. The van der Waals surface area contributed by atoms with Crippen LogP contribution in [0.1, 0.15) is 12.5 Å². The summed E-state index contributed by atoms with van der Waals surface area (Å²) in [5.41, 5.74) is 6.69. The maximum atomic E-state index is 11.6. The van der Waals surface area contributed by atoms with Gasteiger partial charge < -0.3 is 20.1 Å². The number of hydrogen-bond donors (Lipinski definition) is 1. The predicted octanol–water partition coefficient (Wildman–Crippen LogP) is 2.45. The Hall–Kier alpha value is -2.53. The summed E-state index contributed by atoms with van der Waals surface area (Å²) in [5, 5.41) is 0. The fraction of sp³-hybridized carbons (Fsp3) is 0.316. The standard InChI is InChI=1S/C19H24N2O3/c1-15(20)19(22)21(2)12-13-23-17-8-10-18(11-9-17)24-14-16-6-4-3-5-7-16/h3-11,15H,12-14,20H2,1-2H3/t15-/m1/s1. The van der Waals surface area contributed by atoms with Gasteiger partial charge in [0, 0.05) is 7.05 Å². The van der Waals surface area contributed by atoms with E-state index in [-0.39, 0.29) is 5.91 Å². The van der Waals surface area contributed by atoms with Crippen molar-refractivity contribution in [2.75, 3.05) is 20.2 Å². The van der Waals surface area contributed by atoms with E-state index in [9.17, 15) is 4.79 Å². The molecule has 5 nitrogen and oxygen atoms in total. The SMILES string of the molecule is C[C@@H](N)C(=O)N(C)CCOc1ccc(OCc2ccccc2)cc1. The van der Waals surface area contributed by atoms with Crippen LogP contribution in [-0.4, -0.2) is 37.0 Å². The van der Waals surface area contributed by atoms with E-state index in [1.807, 2.05) is 54.6 Å². The molecule has 24 heavy (non-hydrogen) atoms. The zero-order chi connectivity index (χ0) is 17.4. The maximum Gasteiger partial charge on any atom is 0.239 e. The van der Waals surface area contributed by atoms with Gasteiger partial charge in [0.15, 0.2) is 0 Å². The number of likely N-dealkylation sites (N-methyl/N-ethyl adjacent to an activating group) is 1. The van der Waals surface area contributed by atoms with Crippen molar-refractivity contribution in [1.82, 2.24) is 4.90 Å². The second-order valence-corrected chi connectivity index (χ2v) is 5.64. The van der Waals surface area contributed by atoms with E-state index in [1.54, 1.807) is 18.9 Å². The van der Waals surface area contributed by atoms with Gasteiger partial charge in [0.1, 0.15) is 24.7 Å². The molecule has 0 unspecified atom stereocenters. The van der Waals surface area contributed by atoms with Crippen molar-refractivity contribution in [3.8, 4) is 11.5 Å². The molecule has 2 N–H and O–H groups in total. The lowest BCUT2D eigenvalue weighted by atomic mass is 10.2. The van der Waals surface area contributed by atoms with Gasteiger partial charge in [0.05, 0.1) is 12.6 Å². The van der Waals surface area contributed by atoms with Gasteiger partial charge >= 0.3 is 0 Å². The van der Waals surface area contributed by atoms with Gasteiger partial charge in [-0.1, -0.05) is 30.3 Å². The first-order chi connectivity index (χ1) is 11.6. The molecule has 0 saturated carbocycles. The first kappa shape index (κ1) is 17.8. The minimum atomic E-state index is -0.490. The third kappa shape index (κ3) is 5.59. The molecule has 2 aromatic carbocycles. The number of carbonyl (C=O) groups is 1. The smallest absolute Gasteiger partial charge is 0.239 e. The summed E-state index contributed by atoms with van der Waals surface area (Å²) in [7, 11) is 1.72. The van der Waals surface area contributed by atoms with Crippen molar-refractivity contribution >= 4 is 5.91 Å². The lowest BCUT2D eigenvalue weighted by Gasteiger charge is -2.19. The summed E-state index contributed by atoms with van der Waals surface area (Å²) < 4.78 is 11.4. The Morgan fingerprint density at radius 2 is 1.62 bits per heavy atom. The first-order valence-electron chi connectivity index (χ1n) is 7.96. The molecule has 2 aromatic rings. The molecule has 5 heteroatoms. The molecule has 0 radical (unpaired) electrons. The summed E-state index contributed by atoms with van der Waals surface area (Å²) in [4.78, 5) is 13.2. The Morgan fingerprint density at radius 1 is 1.04 bits per heavy atom. The highest BCUT2D eigenvalue weighted by Gasteiger charge is 2.12. The van der Waals surface area contributed by atoms with Crippen LogP contribution >= 0.6 is 0 Å². The summed E-state index contributed by atoms with van der Waals surface area (Å²) in [6.07, 6.45) is 0. The Labute approximate surface area is 143 Å². The number of benzene rings is 2. The van der Waals surface area contributed by atoms with Crippen molar-refractivity contribution in [3.63, 3.8) is 0 Å². The lowest BCUT2D eigenvalue weighted by molar-refractivity contribution is -0.131. The van der Waals surface area contributed by atoms with Gasteiger partial charge in [-0.05, 0) is 36.8 Å². The topological polar surface area (TPSA) is 64.8 Å². The molecule has 0 aliphatic heterocycles. The van der Waals surface area contributed by atoms with E-state index < -0.39 is 6.04 Å². The molecule has 2 rings (SSSR count). The third-order valence-corrected chi connectivity index (χ3v) is 3.53. The van der Waals surface area contributed by atoms with Gasteiger partial charge in [-0.3, -0.25) is 4.79 Å². The predicted molar refractivity (Wildman–Crippen MR) is 94.0 cm³/mol. The quantitative estimate of drug-likeness (QED) is 0.808. The molecule has 0 spiro atoms. The molecule has 0 heterocycles. The van der Waals surface area contributed by atoms with Crippen LogP contribution in [0.4, 0.5) is 0 Å². The number of ether oxygens (including phenoxy) is 2. The first-order valence-corrected chi connectivity index (χ1v) is 7.96. The van der Waals surface area contributed by atoms with Crippen molar-refractivity contribution in [2.45, 2.75) is 19.6 Å². The number of hydrogen-bond acceptors (Lipinski definition) is 4. The third-order valence-electron chi connectivity index (χ3n) is 3.53. The molecule has 0 fully saturated rings. The van der Waals surface area contributed by atoms with Crippen LogP contribution in [0.2, 0.25) is 0 Å². The fourth-order valence-electron chi connectivity index (χ4n) is 2.13. The summed E-state index contributed by atoms with van der Waals surface area (Å²) in [6.45, 7) is 3.12. The van der Waals surface area contributed by atoms with Crippen molar-refractivity contribution < 1.29 is 14.3 Å². The van der Waals surface area contributed by atoms with Gasteiger partial charge in [-0.2, -0.15) is 0 Å². The van der Waals surface area contributed by atoms with Crippen LogP contribution in [0.5, 0.6) is 11.5 Å². The van der Waals surface area contributed by atoms with E-state index in [4.69, 9.17) is 15.2 Å². The van der Waals surface area contributed by atoms with E-state index in [1.165, 1.54) is 0 Å². The van der Waals surface area contributed by atoms with Crippen LogP contribution in [0.3, 0.4) is 0 Å². The highest BCUT2D eigenvalue weighted by molar-refractivity contribution is 5.80. The fourth-order valence-corrected chi connectivity index (χ4v) is 2.13. The Bertz CT molecular complexity index is 627. The monoisotopic (exact) mass is 328 g/mol. The van der Waals surface area contributed by atoms with Gasteiger partial charge in [-0.15, -0.1) is 0 Å². The molecule has 1 atom stereocenters. The van der Waals surface area contributed by atoms with Gasteiger partial charge in [0.25, 0.3) is 0 Å². The second-order valence-electron chi connectivity index (χ2n) is 5.64. The molecular formula is C19H24N2O3. The van der Waals surface area contributed by atoms with Crippen LogP contribution in [0.15, 0.2) is 54.6 Å². The molecule has 0 saturated heterocycles. The van der Waals surface area contributed by atoms with Crippen molar-refractivity contribution in [2.24, 2.45) is 5.73 Å². The van der Waals surface area contributed by atoms with Gasteiger partial charge in [-0.25, -0.2) is 0 Å². The molecule has 128 valence electrons. The van der Waals surface area contributed by atoms with Crippen molar-refractivity contribution in [1.29, 1.82) is 0 Å². The molecular weight excluding hydrogens is 304 g/mol. The zero-order valence-electron chi connectivity index (χ0n) is 14.1. The number of carbonyl (C=O) groups excluding carboxylic acids is 1. The normalized spacial score (nSPS) is 11.6. The average molecular weight is 328 g/mol. The Kier molecular flexibility index (Phi) is 6.63. The molecule has 0 aliphatic rings. The highest BCUT2D eigenvalue weighted by Crippen LogP contribution is 2.18. The maximum absolute atomic E-state index is 11.6. The minimum Gasteiger partial charge on any atom is -0.492 e. The molecule has 0 bridgehead atoms. The lowest BCUT2D eigenvalue weighted by Crippen LogP contribution is -2.41. The number of amides is 1. The van der Waals surface area contributed by atoms with E-state index in [0.29, 0.717) is 19.8 Å². The molecule has 0 aromatic heterocycles. The van der Waals surface area contributed by atoms with Crippen LogP contribution in [-0.2, 0) is 11.4 Å². The number of nitrogens with zero attached hydrogens (tertiary/aromatic N) is 1. The van der Waals surface area contributed by atoms with Crippen LogP contribution < -0.4 is 15.2 Å². The number of rotatable bonds is 8.